The molecule has 1 saturated heterocycles. The van der Waals surface area contributed by atoms with E-state index in [-0.39, 0.29) is 23.9 Å². The van der Waals surface area contributed by atoms with Gasteiger partial charge >= 0.3 is 11.9 Å². The molecule has 2 N–H and O–H groups in total. The van der Waals surface area contributed by atoms with Crippen LogP contribution >= 0.6 is 0 Å². The molecule has 1 aromatic heterocycles. The molecule has 2 amide bonds. The number of carbonyl (C=O) groups is 4. The molecule has 3 atom stereocenters. The minimum absolute atomic E-state index is 0.0544. The lowest BCUT2D eigenvalue weighted by molar-refractivity contribution is -0.175. The van der Waals surface area contributed by atoms with Crippen molar-refractivity contribution in [2.45, 2.75) is 52.7 Å². The van der Waals surface area contributed by atoms with Crippen LogP contribution in [0.3, 0.4) is 0 Å². The van der Waals surface area contributed by atoms with E-state index in [4.69, 9.17) is 13.9 Å². The van der Waals surface area contributed by atoms with E-state index >= 15 is 0 Å². The minimum Gasteiger partial charge on any atom is -0.470 e. The number of nitrogens with zero attached hydrogens (tertiary/aromatic N) is 1. The summed E-state index contributed by atoms with van der Waals surface area (Å²) in [6.07, 6.45) is 2.42. The molecule has 0 radical (unpaired) electrons. The SMILES string of the molecule is C[C@@H](O)[C@H]1C(=O)N2C(C(=O)OCOC(=O)C(C)(C)C)=C(c3cccc(CC(=O)Nc4ccoc4)c3)C[C@H]12. The number of esters is 2. The predicted octanol–water partition coefficient (Wildman–Crippen LogP) is 2.87. The second kappa shape index (κ2) is 10.2. The van der Waals surface area contributed by atoms with Gasteiger partial charge in [0.25, 0.3) is 0 Å². The molecule has 0 aliphatic carbocycles. The number of nitrogens with one attached hydrogen (secondary N) is 1. The third-order valence-electron chi connectivity index (χ3n) is 6.36. The number of benzene rings is 1. The Morgan fingerprint density at radius 3 is 2.62 bits per heavy atom. The minimum atomic E-state index is -0.879. The van der Waals surface area contributed by atoms with Gasteiger partial charge in [-0.1, -0.05) is 24.3 Å². The van der Waals surface area contributed by atoms with Crippen molar-refractivity contribution in [2.24, 2.45) is 11.3 Å². The van der Waals surface area contributed by atoms with Gasteiger partial charge in [-0.05, 0) is 56.9 Å². The molecule has 4 rings (SSSR count). The second-order valence-electron chi connectivity index (χ2n) is 10.2. The first-order valence-corrected chi connectivity index (χ1v) is 12.0. The maximum atomic E-state index is 13.1. The van der Waals surface area contributed by atoms with Crippen LogP contribution in [-0.2, 0) is 35.1 Å². The Kier molecular flexibility index (Phi) is 7.22. The third kappa shape index (κ3) is 5.43. The molecule has 0 unspecified atom stereocenters. The van der Waals surface area contributed by atoms with Crippen molar-refractivity contribution >= 4 is 35.0 Å². The van der Waals surface area contributed by atoms with Crippen LogP contribution in [0.15, 0.2) is 53.0 Å². The highest BCUT2D eigenvalue weighted by molar-refractivity contribution is 6.07. The molecule has 2 aromatic rings. The summed E-state index contributed by atoms with van der Waals surface area (Å²) in [6.45, 7) is 5.98. The Hall–Kier alpha value is -3.92. The van der Waals surface area contributed by atoms with Crippen molar-refractivity contribution in [3.8, 4) is 0 Å². The molecule has 0 spiro atoms. The lowest BCUT2D eigenvalue weighted by Crippen LogP contribution is -2.61. The molecule has 1 aromatic carbocycles. The molecule has 2 aliphatic heterocycles. The number of β-lactam (4-membered cyclic amide) rings is 1. The number of anilines is 1. The summed E-state index contributed by atoms with van der Waals surface area (Å²) in [5, 5.41) is 12.8. The number of rotatable bonds is 8. The molecule has 0 bridgehead atoms. The number of ether oxygens (including phenoxy) is 2. The Balaban J connectivity index is 1.56. The van der Waals surface area contributed by atoms with Crippen LogP contribution in [0.5, 0.6) is 0 Å². The summed E-state index contributed by atoms with van der Waals surface area (Å²) >= 11 is 0. The zero-order valence-corrected chi connectivity index (χ0v) is 21.1. The van der Waals surface area contributed by atoms with E-state index < -0.39 is 42.2 Å². The zero-order valence-electron chi connectivity index (χ0n) is 21.1. The van der Waals surface area contributed by atoms with Crippen LogP contribution in [-0.4, -0.2) is 52.7 Å². The van der Waals surface area contributed by atoms with Gasteiger partial charge < -0.3 is 29.2 Å². The predicted molar refractivity (Wildman–Crippen MR) is 131 cm³/mol. The monoisotopic (exact) mass is 510 g/mol. The van der Waals surface area contributed by atoms with E-state index in [1.165, 1.54) is 17.4 Å². The first-order chi connectivity index (χ1) is 17.5. The largest absolute Gasteiger partial charge is 0.470 e. The Labute approximate surface area is 214 Å². The van der Waals surface area contributed by atoms with Crippen molar-refractivity contribution in [1.29, 1.82) is 0 Å². The first-order valence-electron chi connectivity index (χ1n) is 12.0. The molecule has 1 fully saturated rings. The van der Waals surface area contributed by atoms with Crippen LogP contribution in [0, 0.1) is 11.3 Å². The summed E-state index contributed by atoms with van der Waals surface area (Å²) in [7, 11) is 0. The molecular weight excluding hydrogens is 480 g/mol. The maximum absolute atomic E-state index is 13.1. The molecule has 2 aliphatic rings. The van der Waals surface area contributed by atoms with Crippen LogP contribution in [0.2, 0.25) is 0 Å². The zero-order chi connectivity index (χ0) is 26.9. The molecule has 3 heterocycles. The number of amides is 2. The van der Waals surface area contributed by atoms with Crippen LogP contribution in [0.1, 0.15) is 45.2 Å². The van der Waals surface area contributed by atoms with Crippen molar-refractivity contribution < 1.29 is 38.2 Å². The fraction of sp³-hybridized carbons (Fsp3) is 0.407. The van der Waals surface area contributed by atoms with E-state index in [1.54, 1.807) is 58.0 Å². The number of carbonyl (C=O) groups excluding carboxylic acids is 4. The van der Waals surface area contributed by atoms with E-state index in [9.17, 15) is 24.3 Å². The average molecular weight is 511 g/mol. The summed E-state index contributed by atoms with van der Waals surface area (Å²) in [6, 6.07) is 8.36. The third-order valence-corrected chi connectivity index (χ3v) is 6.36. The first kappa shape index (κ1) is 26.2. The summed E-state index contributed by atoms with van der Waals surface area (Å²) in [5.74, 6) is -2.59. The van der Waals surface area contributed by atoms with Gasteiger partial charge in [0.05, 0.1) is 41.9 Å². The lowest BCUT2D eigenvalue weighted by Gasteiger charge is -2.44. The van der Waals surface area contributed by atoms with Crippen molar-refractivity contribution in [3.05, 3.63) is 59.7 Å². The number of aliphatic hydroxyl groups is 1. The van der Waals surface area contributed by atoms with E-state index in [0.29, 0.717) is 28.8 Å². The highest BCUT2D eigenvalue weighted by Gasteiger charge is 2.57. The molecular formula is C27H30N2O8. The van der Waals surface area contributed by atoms with Crippen LogP contribution < -0.4 is 5.32 Å². The maximum Gasteiger partial charge on any atom is 0.358 e. The summed E-state index contributed by atoms with van der Waals surface area (Å²) in [5.41, 5.74) is 1.75. The van der Waals surface area contributed by atoms with Gasteiger partial charge in [0.1, 0.15) is 12.0 Å². The molecule has 0 saturated carbocycles. The summed E-state index contributed by atoms with van der Waals surface area (Å²) in [4.78, 5) is 51.8. The van der Waals surface area contributed by atoms with Gasteiger partial charge in [-0.25, -0.2) is 4.79 Å². The van der Waals surface area contributed by atoms with Gasteiger partial charge in [-0.15, -0.1) is 0 Å². The standard InChI is InChI=1S/C27H30N2O8/c1-15(30)22-20-12-19(17-7-5-6-16(10-17)11-21(31)28-18-8-9-35-13-18)23(29(20)24(22)32)25(33)36-14-37-26(34)27(2,3)4/h5-10,13,15,20,22,30H,11-12,14H2,1-4H3,(H,28,31)/t15-,20-,22-/m1/s1. The summed E-state index contributed by atoms with van der Waals surface area (Å²) < 4.78 is 15.2. The van der Waals surface area contributed by atoms with Crippen molar-refractivity contribution in [2.75, 3.05) is 12.1 Å². The Bertz CT molecular complexity index is 1240. The Morgan fingerprint density at radius 2 is 1.97 bits per heavy atom. The number of furan rings is 1. The van der Waals surface area contributed by atoms with Gasteiger partial charge in [0.15, 0.2) is 0 Å². The number of aliphatic hydroxyl groups excluding tert-OH is 1. The Morgan fingerprint density at radius 1 is 1.22 bits per heavy atom. The van der Waals surface area contributed by atoms with Crippen molar-refractivity contribution in [3.63, 3.8) is 0 Å². The lowest BCUT2D eigenvalue weighted by atomic mass is 9.82. The van der Waals surface area contributed by atoms with Gasteiger partial charge in [-0.2, -0.15) is 0 Å². The van der Waals surface area contributed by atoms with Gasteiger partial charge in [-0.3, -0.25) is 14.4 Å². The molecule has 37 heavy (non-hydrogen) atoms. The van der Waals surface area contributed by atoms with Crippen molar-refractivity contribution in [1.82, 2.24) is 4.90 Å². The average Bonchev–Trinajstić information content (AvgIpc) is 3.44. The molecule has 10 nitrogen and oxygen atoms in total. The van der Waals surface area contributed by atoms with E-state index in [1.807, 2.05) is 0 Å². The topological polar surface area (TPSA) is 135 Å². The second-order valence-corrected chi connectivity index (χ2v) is 10.2. The fourth-order valence-electron chi connectivity index (χ4n) is 4.53. The van der Waals surface area contributed by atoms with Crippen LogP contribution in [0.25, 0.3) is 5.57 Å². The van der Waals surface area contributed by atoms with Crippen LogP contribution in [0.4, 0.5) is 5.69 Å². The fourth-order valence-corrected chi connectivity index (χ4v) is 4.53. The number of hydrogen-bond acceptors (Lipinski definition) is 8. The molecule has 196 valence electrons. The van der Waals surface area contributed by atoms with Gasteiger partial charge in [0, 0.05) is 0 Å². The molecule has 10 heteroatoms. The smallest absolute Gasteiger partial charge is 0.358 e. The number of fused-ring (bicyclic) bond motifs is 1. The van der Waals surface area contributed by atoms with Gasteiger partial charge in [0.2, 0.25) is 18.6 Å². The van der Waals surface area contributed by atoms with E-state index in [0.717, 1.165) is 0 Å². The normalized spacial score (nSPS) is 19.7. The quantitative estimate of drug-likeness (QED) is 0.314. The highest BCUT2D eigenvalue weighted by Crippen LogP contribution is 2.47. The number of hydrogen-bond donors (Lipinski definition) is 2. The van der Waals surface area contributed by atoms with E-state index in [2.05, 4.69) is 5.32 Å². The highest BCUT2D eigenvalue weighted by atomic mass is 16.7.